The lowest BCUT2D eigenvalue weighted by Gasteiger charge is -2.42. The van der Waals surface area contributed by atoms with Crippen LogP contribution in [-0.4, -0.2) is 23.3 Å². The third-order valence-electron chi connectivity index (χ3n) is 3.99. The van der Waals surface area contributed by atoms with E-state index < -0.39 is 0 Å². The van der Waals surface area contributed by atoms with Crippen molar-refractivity contribution < 1.29 is 5.11 Å². The highest BCUT2D eigenvalue weighted by Crippen LogP contribution is 2.37. The van der Waals surface area contributed by atoms with Crippen molar-refractivity contribution in [2.45, 2.75) is 49.8 Å². The van der Waals surface area contributed by atoms with Gasteiger partial charge in [0, 0.05) is 12.1 Å². The smallest absolute Gasteiger partial charge is 0.0570 e. The summed E-state index contributed by atoms with van der Waals surface area (Å²) in [5.74, 6) is 0.753. The van der Waals surface area contributed by atoms with Gasteiger partial charge in [-0.3, -0.25) is 0 Å². The van der Waals surface area contributed by atoms with Crippen molar-refractivity contribution in [3.63, 3.8) is 0 Å². The lowest BCUT2D eigenvalue weighted by Crippen LogP contribution is -2.52. The monoisotopic (exact) mass is 217 g/mol. The number of aliphatic hydroxyl groups excluding tert-OH is 1. The van der Waals surface area contributed by atoms with Crippen LogP contribution in [0.2, 0.25) is 0 Å². The second-order valence-corrected chi connectivity index (χ2v) is 5.26. The zero-order valence-corrected chi connectivity index (χ0v) is 9.47. The molecule has 0 aliphatic heterocycles. The molecule has 0 aromatic heterocycles. The molecule has 0 saturated heterocycles. The molecule has 2 N–H and O–H groups in total. The molecular formula is C14H19NO. The minimum absolute atomic E-state index is 0.0394. The highest BCUT2D eigenvalue weighted by Gasteiger charge is 2.35. The standard InChI is InChI=1S/C14H19NO/c16-14-8-13(9-14)15-12-6-11(7-12)10-4-2-1-3-5-10/h1-5,11-16H,6-9H2. The lowest BCUT2D eigenvalue weighted by molar-refractivity contribution is 0.0506. The zero-order valence-electron chi connectivity index (χ0n) is 9.47. The molecule has 0 radical (unpaired) electrons. The largest absolute Gasteiger partial charge is 0.393 e. The van der Waals surface area contributed by atoms with Gasteiger partial charge in [0.1, 0.15) is 0 Å². The number of aliphatic hydroxyl groups is 1. The number of rotatable bonds is 3. The highest BCUT2D eigenvalue weighted by atomic mass is 16.3. The van der Waals surface area contributed by atoms with Crippen molar-refractivity contribution in [1.82, 2.24) is 5.32 Å². The first-order valence-corrected chi connectivity index (χ1v) is 6.30. The number of hydrogen-bond acceptors (Lipinski definition) is 2. The molecule has 3 rings (SSSR count). The summed E-state index contributed by atoms with van der Waals surface area (Å²) >= 11 is 0. The Morgan fingerprint density at radius 2 is 1.56 bits per heavy atom. The minimum atomic E-state index is -0.0394. The Balaban J connectivity index is 1.45. The Morgan fingerprint density at radius 3 is 2.19 bits per heavy atom. The average Bonchev–Trinajstić information content (AvgIpc) is 2.21. The third-order valence-corrected chi connectivity index (χ3v) is 3.99. The van der Waals surface area contributed by atoms with Crippen molar-refractivity contribution in [2.24, 2.45) is 0 Å². The maximum Gasteiger partial charge on any atom is 0.0570 e. The highest BCUT2D eigenvalue weighted by molar-refractivity contribution is 5.22. The fourth-order valence-electron chi connectivity index (χ4n) is 2.81. The van der Waals surface area contributed by atoms with E-state index in [-0.39, 0.29) is 6.10 Å². The molecule has 2 fully saturated rings. The molecule has 2 heteroatoms. The van der Waals surface area contributed by atoms with Crippen LogP contribution in [0.4, 0.5) is 0 Å². The van der Waals surface area contributed by atoms with Crippen LogP contribution in [-0.2, 0) is 0 Å². The average molecular weight is 217 g/mol. The molecule has 2 nitrogen and oxygen atoms in total. The predicted octanol–water partition coefficient (Wildman–Crippen LogP) is 2.05. The van der Waals surface area contributed by atoms with Crippen molar-refractivity contribution >= 4 is 0 Å². The molecule has 1 aromatic rings. The summed E-state index contributed by atoms with van der Waals surface area (Å²) < 4.78 is 0. The number of nitrogens with one attached hydrogen (secondary N) is 1. The normalized spacial score (nSPS) is 37.6. The minimum Gasteiger partial charge on any atom is -0.393 e. The maximum absolute atomic E-state index is 9.21. The Labute approximate surface area is 96.7 Å². The van der Waals surface area contributed by atoms with E-state index in [1.807, 2.05) is 0 Å². The van der Waals surface area contributed by atoms with Gasteiger partial charge in [0.05, 0.1) is 6.10 Å². The second-order valence-electron chi connectivity index (χ2n) is 5.26. The summed E-state index contributed by atoms with van der Waals surface area (Å²) in [5, 5.41) is 12.8. The molecule has 1 aromatic carbocycles. The molecule has 2 saturated carbocycles. The molecule has 2 aliphatic carbocycles. The van der Waals surface area contributed by atoms with Gasteiger partial charge in [-0.05, 0) is 37.2 Å². The summed E-state index contributed by atoms with van der Waals surface area (Å²) in [5.41, 5.74) is 1.48. The van der Waals surface area contributed by atoms with E-state index in [4.69, 9.17) is 0 Å². The molecule has 2 aliphatic rings. The predicted molar refractivity (Wildman–Crippen MR) is 64.4 cm³/mol. The Morgan fingerprint density at radius 1 is 0.938 bits per heavy atom. The third kappa shape index (κ3) is 2.00. The second kappa shape index (κ2) is 4.19. The quantitative estimate of drug-likeness (QED) is 0.812. The summed E-state index contributed by atoms with van der Waals surface area (Å²) in [7, 11) is 0. The van der Waals surface area contributed by atoms with Gasteiger partial charge in [-0.2, -0.15) is 0 Å². The Hall–Kier alpha value is -0.860. The van der Waals surface area contributed by atoms with Gasteiger partial charge >= 0.3 is 0 Å². The van der Waals surface area contributed by atoms with Crippen LogP contribution in [0.15, 0.2) is 30.3 Å². The van der Waals surface area contributed by atoms with Gasteiger partial charge in [0.25, 0.3) is 0 Å². The van der Waals surface area contributed by atoms with E-state index in [1.165, 1.54) is 18.4 Å². The van der Waals surface area contributed by atoms with E-state index in [9.17, 15) is 5.11 Å². The SMILES string of the molecule is OC1CC(NC2CC(c3ccccc3)C2)C1. The number of hydrogen-bond donors (Lipinski definition) is 2. The molecule has 0 amide bonds. The molecule has 0 bridgehead atoms. The van der Waals surface area contributed by atoms with Crippen LogP contribution in [0.25, 0.3) is 0 Å². The summed E-state index contributed by atoms with van der Waals surface area (Å²) in [6.45, 7) is 0. The van der Waals surface area contributed by atoms with E-state index >= 15 is 0 Å². The van der Waals surface area contributed by atoms with Crippen LogP contribution < -0.4 is 5.32 Å². The van der Waals surface area contributed by atoms with Gasteiger partial charge < -0.3 is 10.4 Å². The summed E-state index contributed by atoms with van der Waals surface area (Å²) in [4.78, 5) is 0. The van der Waals surface area contributed by atoms with Gasteiger partial charge in [-0.25, -0.2) is 0 Å². The summed E-state index contributed by atoms with van der Waals surface area (Å²) in [6.07, 6.45) is 4.38. The van der Waals surface area contributed by atoms with Crippen molar-refractivity contribution in [1.29, 1.82) is 0 Å². The van der Waals surface area contributed by atoms with Crippen LogP contribution in [0.3, 0.4) is 0 Å². The fraction of sp³-hybridized carbons (Fsp3) is 0.571. The van der Waals surface area contributed by atoms with Gasteiger partial charge in [-0.15, -0.1) is 0 Å². The van der Waals surface area contributed by atoms with Gasteiger partial charge in [-0.1, -0.05) is 30.3 Å². The lowest BCUT2D eigenvalue weighted by atomic mass is 9.74. The van der Waals surface area contributed by atoms with Crippen LogP contribution in [0, 0.1) is 0 Å². The zero-order chi connectivity index (χ0) is 11.0. The molecule has 86 valence electrons. The van der Waals surface area contributed by atoms with E-state index in [0.29, 0.717) is 12.1 Å². The van der Waals surface area contributed by atoms with Gasteiger partial charge in [0.2, 0.25) is 0 Å². The van der Waals surface area contributed by atoms with Crippen molar-refractivity contribution in [3.05, 3.63) is 35.9 Å². The topological polar surface area (TPSA) is 32.3 Å². The molecule has 0 atom stereocenters. The Kier molecular flexibility index (Phi) is 2.70. The molecule has 0 unspecified atom stereocenters. The van der Waals surface area contributed by atoms with Crippen LogP contribution in [0.1, 0.15) is 37.2 Å². The Bertz CT molecular complexity index is 339. The van der Waals surface area contributed by atoms with Gasteiger partial charge in [0.15, 0.2) is 0 Å². The first-order chi connectivity index (χ1) is 7.81. The van der Waals surface area contributed by atoms with E-state index in [2.05, 4.69) is 35.6 Å². The molecular weight excluding hydrogens is 198 g/mol. The van der Waals surface area contributed by atoms with Crippen molar-refractivity contribution in [3.8, 4) is 0 Å². The first-order valence-electron chi connectivity index (χ1n) is 6.30. The molecule has 0 heterocycles. The first kappa shape index (κ1) is 10.3. The number of benzene rings is 1. The van der Waals surface area contributed by atoms with Crippen molar-refractivity contribution in [2.75, 3.05) is 0 Å². The molecule has 0 spiro atoms. The fourth-order valence-corrected chi connectivity index (χ4v) is 2.81. The van der Waals surface area contributed by atoms with Crippen LogP contribution >= 0.6 is 0 Å². The van der Waals surface area contributed by atoms with Crippen LogP contribution in [0.5, 0.6) is 0 Å². The maximum atomic E-state index is 9.21. The summed E-state index contributed by atoms with van der Waals surface area (Å²) in [6, 6.07) is 12.0. The molecule has 16 heavy (non-hydrogen) atoms. The van der Waals surface area contributed by atoms with E-state index in [0.717, 1.165) is 18.8 Å². The van der Waals surface area contributed by atoms with E-state index in [1.54, 1.807) is 0 Å².